The van der Waals surface area contributed by atoms with E-state index in [1.54, 1.807) is 5.38 Å². The van der Waals surface area contributed by atoms with Crippen molar-refractivity contribution in [3.63, 3.8) is 0 Å². The van der Waals surface area contributed by atoms with Crippen molar-refractivity contribution in [1.29, 1.82) is 0 Å². The Morgan fingerprint density at radius 3 is 2.58 bits per heavy atom. The molecule has 2 heterocycles. The van der Waals surface area contributed by atoms with E-state index in [1.165, 1.54) is 60.4 Å². The van der Waals surface area contributed by atoms with Crippen molar-refractivity contribution in [2.75, 3.05) is 10.0 Å². The summed E-state index contributed by atoms with van der Waals surface area (Å²) in [5, 5.41) is 4.51. The van der Waals surface area contributed by atoms with Crippen LogP contribution in [0.1, 0.15) is 0 Å². The maximum atomic E-state index is 12.2. The number of nitrogens with one attached hydrogen (secondary N) is 2. The number of hydrogen-bond acceptors (Lipinski definition) is 7. The number of thiazole rings is 1. The molecule has 26 heavy (non-hydrogen) atoms. The summed E-state index contributed by atoms with van der Waals surface area (Å²) in [5.74, 6) is -0.434. The van der Waals surface area contributed by atoms with Crippen LogP contribution in [0.5, 0.6) is 0 Å². The van der Waals surface area contributed by atoms with Gasteiger partial charge in [0.1, 0.15) is 6.54 Å². The molecule has 0 aliphatic carbocycles. The molecule has 0 aliphatic rings. The van der Waals surface area contributed by atoms with Crippen LogP contribution < -0.4 is 15.6 Å². The lowest BCUT2D eigenvalue weighted by Crippen LogP contribution is -2.27. The molecule has 11 heteroatoms. The third-order valence-electron chi connectivity index (χ3n) is 3.21. The van der Waals surface area contributed by atoms with Gasteiger partial charge in [0.25, 0.3) is 15.6 Å². The first-order valence-corrected chi connectivity index (χ1v) is 9.63. The van der Waals surface area contributed by atoms with Crippen LogP contribution in [0.15, 0.2) is 64.1 Å². The zero-order chi connectivity index (χ0) is 18.6. The number of benzene rings is 1. The second-order valence-corrected chi connectivity index (χ2v) is 7.64. The molecule has 2 N–H and O–H groups in total. The molecule has 0 unspecified atom stereocenters. The lowest BCUT2D eigenvalue weighted by Gasteiger charge is -2.08. The Bertz CT molecular complexity index is 1060. The van der Waals surface area contributed by atoms with Gasteiger partial charge in [0, 0.05) is 29.5 Å². The van der Waals surface area contributed by atoms with Gasteiger partial charge in [-0.1, -0.05) is 0 Å². The maximum Gasteiger partial charge on any atom is 0.263 e. The first kappa shape index (κ1) is 17.8. The minimum absolute atomic E-state index is 0.0363. The lowest BCUT2D eigenvalue weighted by molar-refractivity contribution is -0.116. The molecule has 2 aromatic heterocycles. The molecular weight excluding hydrogens is 378 g/mol. The number of sulfonamides is 1. The summed E-state index contributed by atoms with van der Waals surface area (Å²) >= 11 is 1.17. The zero-order valence-electron chi connectivity index (χ0n) is 13.2. The molecule has 3 rings (SSSR count). The molecule has 0 saturated carbocycles. The fourth-order valence-corrected chi connectivity index (χ4v) is 3.81. The van der Waals surface area contributed by atoms with Crippen LogP contribution in [0.3, 0.4) is 0 Å². The quantitative estimate of drug-likeness (QED) is 0.649. The highest BCUT2D eigenvalue weighted by Crippen LogP contribution is 2.19. The van der Waals surface area contributed by atoms with Gasteiger partial charge in [-0.25, -0.2) is 18.4 Å². The number of nitrogens with zero attached hydrogens (tertiary/aromatic N) is 3. The topological polar surface area (TPSA) is 123 Å². The molecule has 0 saturated heterocycles. The Hall–Kier alpha value is -3.05. The zero-order valence-corrected chi connectivity index (χ0v) is 14.8. The smallest absolute Gasteiger partial charge is 0.263 e. The highest BCUT2D eigenvalue weighted by molar-refractivity contribution is 7.93. The van der Waals surface area contributed by atoms with E-state index in [0.29, 0.717) is 5.69 Å². The van der Waals surface area contributed by atoms with Crippen LogP contribution >= 0.6 is 11.3 Å². The minimum Gasteiger partial charge on any atom is -0.325 e. The van der Waals surface area contributed by atoms with E-state index in [0.717, 1.165) is 4.57 Å². The lowest BCUT2D eigenvalue weighted by atomic mass is 10.3. The molecule has 0 aliphatic heterocycles. The number of carbonyl (C=O) groups excluding carboxylic acids is 1. The monoisotopic (exact) mass is 391 g/mol. The van der Waals surface area contributed by atoms with Crippen LogP contribution in [0, 0.1) is 0 Å². The largest absolute Gasteiger partial charge is 0.325 e. The third kappa shape index (κ3) is 4.32. The maximum absolute atomic E-state index is 12.2. The predicted octanol–water partition coefficient (Wildman–Crippen LogP) is 1.14. The van der Waals surface area contributed by atoms with Gasteiger partial charge in [0.05, 0.1) is 11.2 Å². The molecule has 0 spiro atoms. The van der Waals surface area contributed by atoms with E-state index in [2.05, 4.69) is 20.0 Å². The summed E-state index contributed by atoms with van der Waals surface area (Å²) in [6.45, 7) is -0.196. The first-order valence-electron chi connectivity index (χ1n) is 7.27. The minimum atomic E-state index is -3.75. The highest BCUT2D eigenvalue weighted by Gasteiger charge is 2.15. The molecule has 3 aromatic rings. The third-order valence-corrected chi connectivity index (χ3v) is 5.38. The summed E-state index contributed by atoms with van der Waals surface area (Å²) in [5.41, 5.74) is 0.0602. The molecule has 0 atom stereocenters. The van der Waals surface area contributed by atoms with Crippen LogP contribution in [0.2, 0.25) is 0 Å². The number of carbonyl (C=O) groups is 1. The van der Waals surface area contributed by atoms with Crippen molar-refractivity contribution in [2.24, 2.45) is 0 Å². The second kappa shape index (κ2) is 7.45. The first-order chi connectivity index (χ1) is 12.4. The summed E-state index contributed by atoms with van der Waals surface area (Å²) in [6.07, 6.45) is 4.10. The Labute approximate surface area is 152 Å². The van der Waals surface area contributed by atoms with Crippen molar-refractivity contribution in [3.05, 3.63) is 64.8 Å². The highest BCUT2D eigenvalue weighted by atomic mass is 32.2. The Morgan fingerprint density at radius 2 is 1.92 bits per heavy atom. The summed E-state index contributed by atoms with van der Waals surface area (Å²) < 4.78 is 28.0. The average Bonchev–Trinajstić information content (AvgIpc) is 3.10. The fraction of sp³-hybridized carbons (Fsp3) is 0.0667. The van der Waals surface area contributed by atoms with Crippen LogP contribution in [0.25, 0.3) is 0 Å². The van der Waals surface area contributed by atoms with Crippen molar-refractivity contribution in [3.8, 4) is 0 Å². The van der Waals surface area contributed by atoms with E-state index in [-0.39, 0.29) is 22.1 Å². The van der Waals surface area contributed by atoms with Gasteiger partial charge in [-0.2, -0.15) is 0 Å². The Balaban J connectivity index is 1.67. The van der Waals surface area contributed by atoms with Crippen molar-refractivity contribution in [2.45, 2.75) is 11.4 Å². The van der Waals surface area contributed by atoms with Crippen LogP contribution in [-0.4, -0.2) is 28.9 Å². The Kier molecular flexibility index (Phi) is 5.09. The van der Waals surface area contributed by atoms with E-state index in [1.807, 2.05) is 0 Å². The fourth-order valence-electron chi connectivity index (χ4n) is 2.02. The van der Waals surface area contributed by atoms with Gasteiger partial charge in [-0.15, -0.1) is 11.3 Å². The predicted molar refractivity (Wildman–Crippen MR) is 96.5 cm³/mol. The number of aromatic nitrogens is 3. The molecule has 1 aromatic carbocycles. The number of amides is 1. The van der Waals surface area contributed by atoms with Crippen molar-refractivity contribution in [1.82, 2.24) is 14.5 Å². The summed E-state index contributed by atoms with van der Waals surface area (Å²) in [4.78, 5) is 31.2. The standard InChI is InChI=1S/C15H13N5O4S2/c21-13(9-20-10-16-6-5-14(20)22)18-11-1-3-12(4-2-11)26(23,24)19-15-17-7-8-25-15/h1-8,10H,9H2,(H,17,19)(H,18,21). The van der Waals surface area contributed by atoms with E-state index >= 15 is 0 Å². The van der Waals surface area contributed by atoms with Gasteiger partial charge >= 0.3 is 0 Å². The number of rotatable bonds is 6. The normalized spacial score (nSPS) is 11.1. The molecule has 0 radical (unpaired) electrons. The molecular formula is C15H13N5O4S2. The number of anilines is 2. The number of hydrogen-bond donors (Lipinski definition) is 2. The van der Waals surface area contributed by atoms with Gasteiger partial charge < -0.3 is 5.32 Å². The summed E-state index contributed by atoms with van der Waals surface area (Å²) in [7, 11) is -3.75. The average molecular weight is 391 g/mol. The van der Waals surface area contributed by atoms with Gasteiger partial charge in [-0.05, 0) is 24.3 Å². The van der Waals surface area contributed by atoms with Gasteiger partial charge in [-0.3, -0.25) is 18.9 Å². The summed E-state index contributed by atoms with van der Waals surface area (Å²) in [6, 6.07) is 6.90. The molecule has 0 bridgehead atoms. The van der Waals surface area contributed by atoms with Crippen molar-refractivity contribution < 1.29 is 13.2 Å². The van der Waals surface area contributed by atoms with E-state index in [9.17, 15) is 18.0 Å². The van der Waals surface area contributed by atoms with E-state index < -0.39 is 15.9 Å². The SMILES string of the molecule is O=C(Cn1cnccc1=O)Nc1ccc(S(=O)(=O)Nc2nccs2)cc1. The Morgan fingerprint density at radius 1 is 1.15 bits per heavy atom. The van der Waals surface area contributed by atoms with Crippen molar-refractivity contribution >= 4 is 38.1 Å². The molecule has 1 amide bonds. The van der Waals surface area contributed by atoms with Gasteiger partial charge in [0.15, 0.2) is 5.13 Å². The van der Waals surface area contributed by atoms with E-state index in [4.69, 9.17) is 0 Å². The van der Waals surface area contributed by atoms with Crippen LogP contribution in [0.4, 0.5) is 10.8 Å². The van der Waals surface area contributed by atoms with Crippen LogP contribution in [-0.2, 0) is 21.4 Å². The second-order valence-electron chi connectivity index (χ2n) is 5.06. The molecule has 9 nitrogen and oxygen atoms in total. The molecule has 0 fully saturated rings. The molecule has 134 valence electrons. The van der Waals surface area contributed by atoms with Gasteiger partial charge in [0.2, 0.25) is 5.91 Å².